The van der Waals surface area contributed by atoms with Crippen LogP contribution in [0.2, 0.25) is 15.1 Å². The van der Waals surface area contributed by atoms with Crippen LogP contribution in [0.25, 0.3) is 0 Å². The average molecular weight is 299 g/mol. The molecule has 0 radical (unpaired) electrons. The van der Waals surface area contributed by atoms with Crippen molar-refractivity contribution in [2.24, 2.45) is 0 Å². The van der Waals surface area contributed by atoms with Gasteiger partial charge in [-0.15, -0.1) is 0 Å². The van der Waals surface area contributed by atoms with E-state index in [1.54, 1.807) is 12.1 Å². The molecular weight excluding hydrogens is 284 g/mol. The molecule has 0 amide bonds. The number of aliphatic hydroxyl groups excluding tert-OH is 1. The third-order valence-corrected chi connectivity index (χ3v) is 2.85. The summed E-state index contributed by atoms with van der Waals surface area (Å²) in [6.45, 7) is 3.01. The highest BCUT2D eigenvalue weighted by Gasteiger charge is 2.10. The fraction of sp³-hybridized carbons (Fsp3) is 0.455. The van der Waals surface area contributed by atoms with Gasteiger partial charge in [0.15, 0.2) is 0 Å². The standard InChI is InChI=1S/C11H14Cl3NO2/c1-2-17-6-8(16)5-15-11-9(13)3-7(12)4-10(11)14/h3-4,8,15-16H,2,5-6H2,1H3. The summed E-state index contributed by atoms with van der Waals surface area (Å²) in [5, 5.41) is 13.9. The van der Waals surface area contributed by atoms with Crippen molar-refractivity contribution in [3.63, 3.8) is 0 Å². The maximum Gasteiger partial charge on any atom is 0.0945 e. The number of ether oxygens (including phenoxy) is 1. The molecule has 0 fully saturated rings. The molecular formula is C11H14Cl3NO2. The van der Waals surface area contributed by atoms with Gasteiger partial charge in [0.25, 0.3) is 0 Å². The Bertz CT molecular complexity index is 351. The minimum Gasteiger partial charge on any atom is -0.389 e. The first-order valence-electron chi connectivity index (χ1n) is 5.18. The molecule has 1 unspecified atom stereocenters. The minimum absolute atomic E-state index is 0.270. The zero-order valence-electron chi connectivity index (χ0n) is 9.34. The van der Waals surface area contributed by atoms with E-state index in [0.717, 1.165) is 0 Å². The van der Waals surface area contributed by atoms with Gasteiger partial charge in [0.2, 0.25) is 0 Å². The lowest BCUT2D eigenvalue weighted by Crippen LogP contribution is -2.25. The van der Waals surface area contributed by atoms with E-state index in [4.69, 9.17) is 39.5 Å². The van der Waals surface area contributed by atoms with Crippen LogP contribution < -0.4 is 5.32 Å². The molecule has 96 valence electrons. The van der Waals surface area contributed by atoms with Crippen LogP contribution >= 0.6 is 34.8 Å². The minimum atomic E-state index is -0.613. The van der Waals surface area contributed by atoms with E-state index in [2.05, 4.69) is 5.32 Å². The Labute approximate surface area is 116 Å². The van der Waals surface area contributed by atoms with Gasteiger partial charge >= 0.3 is 0 Å². The van der Waals surface area contributed by atoms with Gasteiger partial charge in [-0.1, -0.05) is 34.8 Å². The van der Waals surface area contributed by atoms with Crippen molar-refractivity contribution < 1.29 is 9.84 Å². The third kappa shape index (κ3) is 4.90. The summed E-state index contributed by atoms with van der Waals surface area (Å²) in [4.78, 5) is 0. The first-order valence-corrected chi connectivity index (χ1v) is 6.32. The van der Waals surface area contributed by atoms with E-state index < -0.39 is 6.10 Å². The largest absolute Gasteiger partial charge is 0.389 e. The molecule has 0 aliphatic heterocycles. The number of rotatable bonds is 6. The van der Waals surface area contributed by atoms with Crippen LogP contribution in [-0.4, -0.2) is 31.0 Å². The molecule has 1 rings (SSSR count). The summed E-state index contributed by atoms with van der Waals surface area (Å²) < 4.78 is 5.09. The predicted molar refractivity (Wildman–Crippen MR) is 72.5 cm³/mol. The summed E-state index contributed by atoms with van der Waals surface area (Å²) in [6.07, 6.45) is -0.613. The van der Waals surface area contributed by atoms with Crippen molar-refractivity contribution in [2.75, 3.05) is 25.1 Å². The van der Waals surface area contributed by atoms with Gasteiger partial charge in [-0.2, -0.15) is 0 Å². The van der Waals surface area contributed by atoms with Gasteiger partial charge in [-0.05, 0) is 19.1 Å². The van der Waals surface area contributed by atoms with E-state index in [0.29, 0.717) is 33.9 Å². The number of benzene rings is 1. The molecule has 3 nitrogen and oxygen atoms in total. The highest BCUT2D eigenvalue weighted by Crippen LogP contribution is 2.33. The van der Waals surface area contributed by atoms with Crippen LogP contribution in [0, 0.1) is 0 Å². The van der Waals surface area contributed by atoms with Crippen molar-refractivity contribution >= 4 is 40.5 Å². The number of anilines is 1. The maximum absolute atomic E-state index is 9.58. The van der Waals surface area contributed by atoms with Crippen LogP contribution in [-0.2, 0) is 4.74 Å². The SMILES string of the molecule is CCOCC(O)CNc1c(Cl)cc(Cl)cc1Cl. The smallest absolute Gasteiger partial charge is 0.0945 e. The number of nitrogens with one attached hydrogen (secondary N) is 1. The van der Waals surface area contributed by atoms with Crippen LogP contribution in [0.4, 0.5) is 5.69 Å². The summed E-state index contributed by atoms with van der Waals surface area (Å²) >= 11 is 17.7. The fourth-order valence-corrected chi connectivity index (χ4v) is 2.19. The van der Waals surface area contributed by atoms with Gasteiger partial charge in [0.1, 0.15) is 0 Å². The molecule has 0 heterocycles. The van der Waals surface area contributed by atoms with Crippen molar-refractivity contribution in [1.82, 2.24) is 0 Å². The lowest BCUT2D eigenvalue weighted by Gasteiger charge is -2.14. The zero-order valence-corrected chi connectivity index (χ0v) is 11.6. The van der Waals surface area contributed by atoms with Crippen LogP contribution in [0.3, 0.4) is 0 Å². The molecule has 17 heavy (non-hydrogen) atoms. The third-order valence-electron chi connectivity index (χ3n) is 2.04. The average Bonchev–Trinajstić information content (AvgIpc) is 2.24. The summed E-state index contributed by atoms with van der Waals surface area (Å²) in [7, 11) is 0. The molecule has 2 N–H and O–H groups in total. The van der Waals surface area contributed by atoms with Crippen LogP contribution in [0.5, 0.6) is 0 Å². The summed E-state index contributed by atoms with van der Waals surface area (Å²) in [6, 6.07) is 3.18. The van der Waals surface area contributed by atoms with Crippen molar-refractivity contribution in [3.05, 3.63) is 27.2 Å². The highest BCUT2D eigenvalue weighted by molar-refractivity contribution is 6.41. The van der Waals surface area contributed by atoms with E-state index in [-0.39, 0.29) is 6.61 Å². The van der Waals surface area contributed by atoms with Crippen LogP contribution in [0.15, 0.2) is 12.1 Å². The van der Waals surface area contributed by atoms with E-state index in [9.17, 15) is 5.11 Å². The Kier molecular flexibility index (Phi) is 6.38. The Morgan fingerprint density at radius 2 is 1.88 bits per heavy atom. The van der Waals surface area contributed by atoms with Crippen LogP contribution in [0.1, 0.15) is 6.92 Å². The second kappa shape index (κ2) is 7.29. The van der Waals surface area contributed by atoms with Gasteiger partial charge in [0.05, 0.1) is 28.4 Å². The lowest BCUT2D eigenvalue weighted by atomic mass is 10.3. The Hall–Kier alpha value is -0.190. The molecule has 0 aliphatic carbocycles. The van der Waals surface area contributed by atoms with Gasteiger partial charge in [0, 0.05) is 18.2 Å². The van der Waals surface area contributed by atoms with E-state index >= 15 is 0 Å². The molecule has 1 aromatic carbocycles. The molecule has 6 heteroatoms. The van der Waals surface area contributed by atoms with E-state index in [1.807, 2.05) is 6.92 Å². The molecule has 0 bridgehead atoms. The van der Waals surface area contributed by atoms with E-state index in [1.165, 1.54) is 0 Å². The number of hydrogen-bond donors (Lipinski definition) is 2. The number of aliphatic hydroxyl groups is 1. The molecule has 0 saturated heterocycles. The fourth-order valence-electron chi connectivity index (χ4n) is 1.24. The molecule has 0 aromatic heterocycles. The lowest BCUT2D eigenvalue weighted by molar-refractivity contribution is 0.0496. The molecule has 1 atom stereocenters. The molecule has 0 saturated carbocycles. The molecule has 0 spiro atoms. The van der Waals surface area contributed by atoms with Gasteiger partial charge < -0.3 is 15.2 Å². The highest BCUT2D eigenvalue weighted by atomic mass is 35.5. The predicted octanol–water partition coefficient (Wildman–Crippen LogP) is 3.46. The topological polar surface area (TPSA) is 41.5 Å². The summed E-state index contributed by atoms with van der Waals surface area (Å²) in [5.41, 5.74) is 0.563. The second-order valence-corrected chi connectivity index (χ2v) is 4.69. The Balaban J connectivity index is 2.57. The molecule has 0 aliphatic rings. The first-order chi connectivity index (χ1) is 8.04. The van der Waals surface area contributed by atoms with Crippen molar-refractivity contribution in [3.8, 4) is 0 Å². The Morgan fingerprint density at radius 1 is 1.29 bits per heavy atom. The van der Waals surface area contributed by atoms with Gasteiger partial charge in [-0.25, -0.2) is 0 Å². The second-order valence-electron chi connectivity index (χ2n) is 3.44. The molecule has 1 aromatic rings. The van der Waals surface area contributed by atoms with Crippen molar-refractivity contribution in [2.45, 2.75) is 13.0 Å². The van der Waals surface area contributed by atoms with Gasteiger partial charge in [-0.3, -0.25) is 0 Å². The summed E-state index contributed by atoms with van der Waals surface area (Å²) in [5.74, 6) is 0. The normalized spacial score (nSPS) is 12.5. The number of hydrogen-bond acceptors (Lipinski definition) is 3. The Morgan fingerprint density at radius 3 is 2.41 bits per heavy atom. The quantitative estimate of drug-likeness (QED) is 0.845. The van der Waals surface area contributed by atoms with Crippen molar-refractivity contribution in [1.29, 1.82) is 0 Å². The monoisotopic (exact) mass is 297 g/mol. The zero-order chi connectivity index (χ0) is 12.8. The number of halogens is 3. The first kappa shape index (κ1) is 14.9. The maximum atomic E-state index is 9.58.